The van der Waals surface area contributed by atoms with Gasteiger partial charge < -0.3 is 14.7 Å². The number of hydrogen-bond donors (Lipinski definition) is 1. The Morgan fingerprint density at radius 1 is 1.33 bits per heavy atom. The molecule has 0 aliphatic carbocycles. The maximum atomic E-state index is 12.5. The summed E-state index contributed by atoms with van der Waals surface area (Å²) >= 11 is 1.42. The van der Waals surface area contributed by atoms with E-state index in [9.17, 15) is 14.7 Å². The summed E-state index contributed by atoms with van der Waals surface area (Å²) in [6.45, 7) is 1.23. The van der Waals surface area contributed by atoms with Gasteiger partial charge in [-0.3, -0.25) is 4.79 Å². The third kappa shape index (κ3) is 2.94. The number of carbonyl (C=O) groups is 2. The van der Waals surface area contributed by atoms with Crippen LogP contribution in [-0.2, 0) is 9.53 Å². The Hall–Kier alpha value is -1.47. The van der Waals surface area contributed by atoms with Crippen molar-refractivity contribution >= 4 is 23.2 Å². The van der Waals surface area contributed by atoms with Crippen LogP contribution in [0.4, 0.5) is 0 Å². The van der Waals surface area contributed by atoms with Gasteiger partial charge in [0.15, 0.2) is 0 Å². The number of aromatic nitrogens is 1. The number of carbonyl (C=O) groups excluding carboxylic acids is 1. The Morgan fingerprint density at radius 2 is 2.19 bits per heavy atom. The average Bonchev–Trinajstić information content (AvgIpc) is 3.17. The quantitative estimate of drug-likeness (QED) is 0.924. The molecule has 2 atom stereocenters. The van der Waals surface area contributed by atoms with Gasteiger partial charge in [0.25, 0.3) is 5.91 Å². The summed E-state index contributed by atoms with van der Waals surface area (Å²) in [5, 5.41) is 11.8. The number of carboxylic acid groups (broad SMARTS) is 1. The van der Waals surface area contributed by atoms with Crippen LogP contribution in [0.5, 0.6) is 0 Å². The molecule has 1 aromatic heterocycles. The maximum absolute atomic E-state index is 12.5. The smallest absolute Gasteiger partial charge is 0.326 e. The number of rotatable bonds is 3. The molecule has 0 aromatic carbocycles. The number of hydrogen-bond acceptors (Lipinski definition) is 5. The van der Waals surface area contributed by atoms with E-state index >= 15 is 0 Å². The number of carboxylic acids is 1. The molecule has 0 spiro atoms. The van der Waals surface area contributed by atoms with Gasteiger partial charge in [0.1, 0.15) is 22.8 Å². The van der Waals surface area contributed by atoms with Crippen molar-refractivity contribution < 1.29 is 19.4 Å². The number of likely N-dealkylation sites (tertiary alicyclic amines) is 1. The lowest BCUT2D eigenvalue weighted by molar-refractivity contribution is -0.143. The highest BCUT2D eigenvalue weighted by Crippen LogP contribution is 2.31. The van der Waals surface area contributed by atoms with Crippen LogP contribution in [0.2, 0.25) is 0 Å². The van der Waals surface area contributed by atoms with Crippen LogP contribution in [0, 0.1) is 0 Å². The van der Waals surface area contributed by atoms with Gasteiger partial charge in [0.05, 0.1) is 0 Å². The normalized spacial score (nSPS) is 26.0. The van der Waals surface area contributed by atoms with Gasteiger partial charge in [-0.1, -0.05) is 0 Å². The van der Waals surface area contributed by atoms with Crippen LogP contribution in [0.15, 0.2) is 5.38 Å². The molecule has 1 aromatic rings. The second-order valence-electron chi connectivity index (χ2n) is 5.42. The first-order chi connectivity index (χ1) is 10.2. The molecule has 1 N–H and O–H groups in total. The summed E-state index contributed by atoms with van der Waals surface area (Å²) in [5.41, 5.74) is 0.346. The minimum atomic E-state index is -0.933. The minimum absolute atomic E-state index is 0.00632. The maximum Gasteiger partial charge on any atom is 0.326 e. The van der Waals surface area contributed by atoms with Crippen LogP contribution in [0.3, 0.4) is 0 Å². The molecule has 2 aliphatic rings. The number of amides is 1. The molecule has 1 amide bonds. The molecule has 0 radical (unpaired) electrons. The molecule has 7 heteroatoms. The lowest BCUT2D eigenvalue weighted by Crippen LogP contribution is -2.48. The summed E-state index contributed by atoms with van der Waals surface area (Å²) in [4.78, 5) is 29.6. The lowest BCUT2D eigenvalue weighted by atomic mass is 10.0. The van der Waals surface area contributed by atoms with Crippen molar-refractivity contribution in [1.82, 2.24) is 9.88 Å². The van der Waals surface area contributed by atoms with Crippen molar-refractivity contribution in [1.29, 1.82) is 0 Å². The van der Waals surface area contributed by atoms with Crippen molar-refractivity contribution in [2.75, 3.05) is 13.2 Å². The van der Waals surface area contributed by atoms with Crippen molar-refractivity contribution in [3.63, 3.8) is 0 Å². The van der Waals surface area contributed by atoms with E-state index in [1.54, 1.807) is 5.38 Å². The van der Waals surface area contributed by atoms with Gasteiger partial charge in [0, 0.05) is 18.5 Å². The summed E-state index contributed by atoms with van der Waals surface area (Å²) in [5.74, 6) is -1.21. The third-order valence-electron chi connectivity index (χ3n) is 3.99. The number of piperidine rings is 1. The van der Waals surface area contributed by atoms with Gasteiger partial charge in [-0.25, -0.2) is 9.78 Å². The molecule has 21 heavy (non-hydrogen) atoms. The first-order valence-electron chi connectivity index (χ1n) is 7.27. The second kappa shape index (κ2) is 6.11. The Bertz CT molecular complexity index is 539. The Labute approximate surface area is 126 Å². The predicted molar refractivity (Wildman–Crippen MR) is 76.4 cm³/mol. The molecule has 0 bridgehead atoms. The van der Waals surface area contributed by atoms with Crippen LogP contribution >= 0.6 is 11.3 Å². The van der Waals surface area contributed by atoms with Crippen molar-refractivity contribution in [3.8, 4) is 0 Å². The van der Waals surface area contributed by atoms with E-state index in [-0.39, 0.29) is 12.0 Å². The Kier molecular flexibility index (Phi) is 4.21. The first kappa shape index (κ1) is 14.5. The van der Waals surface area contributed by atoms with Crippen LogP contribution in [0.1, 0.15) is 53.7 Å². The molecule has 1 unspecified atom stereocenters. The van der Waals surface area contributed by atoms with E-state index in [4.69, 9.17) is 4.74 Å². The zero-order valence-electron chi connectivity index (χ0n) is 11.7. The Morgan fingerprint density at radius 3 is 2.90 bits per heavy atom. The summed E-state index contributed by atoms with van der Waals surface area (Å²) in [6, 6.07) is -0.723. The van der Waals surface area contributed by atoms with Gasteiger partial charge in [-0.05, 0) is 32.1 Å². The molecule has 2 aliphatic heterocycles. The molecule has 0 saturated carbocycles. The molecule has 114 valence electrons. The highest BCUT2D eigenvalue weighted by molar-refractivity contribution is 7.09. The number of nitrogens with zero attached hydrogens (tertiary/aromatic N) is 2. The fraction of sp³-hybridized carbons (Fsp3) is 0.643. The van der Waals surface area contributed by atoms with E-state index in [0.717, 1.165) is 37.3 Å². The topological polar surface area (TPSA) is 79.7 Å². The highest BCUT2D eigenvalue weighted by atomic mass is 32.1. The first-order valence-corrected chi connectivity index (χ1v) is 8.15. The van der Waals surface area contributed by atoms with Crippen LogP contribution in [0.25, 0.3) is 0 Å². The summed E-state index contributed by atoms with van der Waals surface area (Å²) in [6.07, 6.45) is 4.15. The fourth-order valence-electron chi connectivity index (χ4n) is 2.88. The van der Waals surface area contributed by atoms with Crippen LogP contribution in [-0.4, -0.2) is 46.1 Å². The van der Waals surface area contributed by atoms with E-state index in [1.807, 2.05) is 0 Å². The van der Waals surface area contributed by atoms with Gasteiger partial charge in [0.2, 0.25) is 0 Å². The largest absolute Gasteiger partial charge is 0.480 e. The zero-order valence-corrected chi connectivity index (χ0v) is 12.5. The highest BCUT2D eigenvalue weighted by Gasteiger charge is 2.34. The van der Waals surface area contributed by atoms with Gasteiger partial charge in [-0.2, -0.15) is 0 Å². The van der Waals surface area contributed by atoms with E-state index in [1.165, 1.54) is 16.2 Å². The monoisotopic (exact) mass is 310 g/mol. The predicted octanol–water partition coefficient (Wildman–Crippen LogP) is 2.07. The SMILES string of the molecule is O=C(O)[C@H]1CCCCN1C(=O)c1csc(C2CCCO2)n1. The molecule has 3 heterocycles. The molecule has 6 nitrogen and oxygen atoms in total. The zero-order chi connectivity index (χ0) is 14.8. The van der Waals surface area contributed by atoms with Crippen LogP contribution < -0.4 is 0 Å². The number of aliphatic carboxylic acids is 1. The number of thiazole rings is 1. The standard InChI is InChI=1S/C14H18N2O4S/c17-13(16-6-2-1-4-10(16)14(18)19)9-8-21-12(15-9)11-5-3-7-20-11/h8,10-11H,1-7H2,(H,18,19)/t10-,11?/m1/s1. The van der Waals surface area contributed by atoms with Crippen molar-refractivity contribution in [2.45, 2.75) is 44.2 Å². The molecular formula is C14H18N2O4S. The van der Waals surface area contributed by atoms with E-state index in [0.29, 0.717) is 18.7 Å². The van der Waals surface area contributed by atoms with Gasteiger partial charge in [-0.15, -0.1) is 11.3 Å². The summed E-state index contributed by atoms with van der Waals surface area (Å²) in [7, 11) is 0. The minimum Gasteiger partial charge on any atom is -0.480 e. The molecule has 2 saturated heterocycles. The molecule has 3 rings (SSSR count). The average molecular weight is 310 g/mol. The fourth-order valence-corrected chi connectivity index (χ4v) is 3.76. The second-order valence-corrected chi connectivity index (χ2v) is 6.31. The Balaban J connectivity index is 1.76. The molecule has 2 fully saturated rings. The molecular weight excluding hydrogens is 292 g/mol. The van der Waals surface area contributed by atoms with Gasteiger partial charge >= 0.3 is 5.97 Å². The lowest BCUT2D eigenvalue weighted by Gasteiger charge is -2.32. The van der Waals surface area contributed by atoms with E-state index in [2.05, 4.69) is 4.98 Å². The third-order valence-corrected chi connectivity index (χ3v) is 4.93. The van der Waals surface area contributed by atoms with E-state index < -0.39 is 12.0 Å². The van der Waals surface area contributed by atoms with Crippen molar-refractivity contribution in [2.24, 2.45) is 0 Å². The number of ether oxygens (including phenoxy) is 1. The van der Waals surface area contributed by atoms with Crippen molar-refractivity contribution in [3.05, 3.63) is 16.1 Å². The summed E-state index contributed by atoms with van der Waals surface area (Å²) < 4.78 is 5.57.